The van der Waals surface area contributed by atoms with Crippen LogP contribution in [0.5, 0.6) is 5.75 Å². The molecule has 1 aromatic heterocycles. The van der Waals surface area contributed by atoms with Crippen molar-refractivity contribution in [3.8, 4) is 5.75 Å². The summed E-state index contributed by atoms with van der Waals surface area (Å²) < 4.78 is 1.12. The molecule has 12 heavy (non-hydrogen) atoms. The van der Waals surface area contributed by atoms with E-state index in [-0.39, 0.29) is 5.75 Å². The van der Waals surface area contributed by atoms with Gasteiger partial charge in [0.1, 0.15) is 5.75 Å². The number of hydrogen-bond acceptors (Lipinski definition) is 2. The second kappa shape index (κ2) is 2.64. The van der Waals surface area contributed by atoms with Gasteiger partial charge in [0, 0.05) is 9.58 Å². The maximum atomic E-state index is 9.30. The van der Waals surface area contributed by atoms with Crippen LogP contribution in [0.3, 0.4) is 0 Å². The molecule has 0 fully saturated rings. The van der Waals surface area contributed by atoms with E-state index in [4.69, 9.17) is 11.6 Å². The van der Waals surface area contributed by atoms with Gasteiger partial charge in [0.25, 0.3) is 0 Å². The highest BCUT2D eigenvalue weighted by atomic mass is 35.5. The first kappa shape index (κ1) is 7.90. The van der Waals surface area contributed by atoms with E-state index in [0.717, 1.165) is 10.1 Å². The van der Waals surface area contributed by atoms with E-state index in [0.29, 0.717) is 5.02 Å². The van der Waals surface area contributed by atoms with Gasteiger partial charge in [-0.1, -0.05) is 11.6 Å². The van der Waals surface area contributed by atoms with E-state index in [1.54, 1.807) is 23.5 Å². The summed E-state index contributed by atoms with van der Waals surface area (Å²) in [6, 6.07) is 5.53. The Balaban J connectivity index is 2.83. The van der Waals surface area contributed by atoms with E-state index in [1.807, 2.05) is 13.0 Å². The first-order valence-electron chi connectivity index (χ1n) is 3.55. The molecule has 0 aliphatic carbocycles. The summed E-state index contributed by atoms with van der Waals surface area (Å²) in [5.41, 5.74) is 0. The smallest absolute Gasteiger partial charge is 0.134 e. The summed E-state index contributed by atoms with van der Waals surface area (Å²) in [7, 11) is 0. The van der Waals surface area contributed by atoms with Crippen LogP contribution in [-0.4, -0.2) is 5.11 Å². The van der Waals surface area contributed by atoms with E-state index >= 15 is 0 Å². The van der Waals surface area contributed by atoms with Crippen LogP contribution in [0.25, 0.3) is 10.1 Å². The first-order chi connectivity index (χ1) is 5.66. The first-order valence-corrected chi connectivity index (χ1v) is 4.75. The molecular weight excluding hydrogens is 192 g/mol. The molecule has 0 unspecified atom stereocenters. The number of phenolic OH excluding ortho intramolecular Hbond substituents is 1. The topological polar surface area (TPSA) is 20.2 Å². The van der Waals surface area contributed by atoms with Gasteiger partial charge < -0.3 is 5.11 Å². The fourth-order valence-electron chi connectivity index (χ4n) is 1.18. The lowest BCUT2D eigenvalue weighted by Crippen LogP contribution is -1.66. The third kappa shape index (κ3) is 1.17. The van der Waals surface area contributed by atoms with E-state index in [9.17, 15) is 5.11 Å². The van der Waals surface area contributed by atoms with Crippen LogP contribution in [0.1, 0.15) is 4.88 Å². The Labute approximate surface area is 79.2 Å². The standard InChI is InChI=1S/C9H7ClOS/c1-5-2-6-3-8(11)7(10)4-9(6)12-5/h2-4,11H,1H3. The summed E-state index contributed by atoms with van der Waals surface area (Å²) in [4.78, 5) is 1.23. The Hall–Kier alpha value is -0.730. The van der Waals surface area contributed by atoms with Gasteiger partial charge in [-0.15, -0.1) is 11.3 Å². The number of rotatable bonds is 0. The molecule has 1 nitrogen and oxygen atoms in total. The predicted molar refractivity (Wildman–Crippen MR) is 53.2 cm³/mol. The zero-order valence-corrected chi connectivity index (χ0v) is 8.04. The molecule has 0 saturated heterocycles. The van der Waals surface area contributed by atoms with E-state index in [2.05, 4.69) is 0 Å². The summed E-state index contributed by atoms with van der Waals surface area (Å²) in [6.45, 7) is 2.04. The fourth-order valence-corrected chi connectivity index (χ4v) is 2.36. The molecule has 0 bridgehead atoms. The zero-order chi connectivity index (χ0) is 8.72. The number of hydrogen-bond donors (Lipinski definition) is 1. The number of aromatic hydroxyl groups is 1. The third-order valence-corrected chi connectivity index (χ3v) is 3.02. The Morgan fingerprint density at radius 1 is 1.33 bits per heavy atom. The summed E-state index contributed by atoms with van der Waals surface area (Å²) in [5, 5.41) is 10.8. The number of benzene rings is 1. The van der Waals surface area contributed by atoms with Gasteiger partial charge in [0.15, 0.2) is 0 Å². The van der Waals surface area contributed by atoms with Gasteiger partial charge in [-0.2, -0.15) is 0 Å². The molecule has 1 aromatic carbocycles. The number of thiophene rings is 1. The molecule has 3 heteroatoms. The van der Waals surface area contributed by atoms with Gasteiger partial charge in [-0.3, -0.25) is 0 Å². The average molecular weight is 199 g/mol. The SMILES string of the molecule is Cc1cc2cc(O)c(Cl)cc2s1. The summed E-state index contributed by atoms with van der Waals surface area (Å²) in [5.74, 6) is 0.155. The molecule has 62 valence electrons. The van der Waals surface area contributed by atoms with Crippen molar-refractivity contribution in [2.24, 2.45) is 0 Å². The molecule has 0 radical (unpaired) electrons. The van der Waals surface area contributed by atoms with Crippen LogP contribution in [0.15, 0.2) is 18.2 Å². The van der Waals surface area contributed by atoms with E-state index in [1.165, 1.54) is 4.88 Å². The van der Waals surface area contributed by atoms with Gasteiger partial charge in [-0.25, -0.2) is 0 Å². The maximum Gasteiger partial charge on any atom is 0.134 e. The van der Waals surface area contributed by atoms with Crippen LogP contribution >= 0.6 is 22.9 Å². The van der Waals surface area contributed by atoms with Gasteiger partial charge in [0.05, 0.1) is 5.02 Å². The molecule has 0 spiro atoms. The van der Waals surface area contributed by atoms with Crippen molar-refractivity contribution in [1.29, 1.82) is 0 Å². The lowest BCUT2D eigenvalue weighted by atomic mass is 10.2. The molecule has 0 saturated carbocycles. The predicted octanol–water partition coefficient (Wildman–Crippen LogP) is 3.57. The lowest BCUT2D eigenvalue weighted by Gasteiger charge is -1.94. The van der Waals surface area contributed by atoms with Gasteiger partial charge in [-0.05, 0) is 30.5 Å². The highest BCUT2D eigenvalue weighted by Gasteiger charge is 2.03. The number of fused-ring (bicyclic) bond motifs is 1. The van der Waals surface area contributed by atoms with Crippen molar-refractivity contribution >= 4 is 33.0 Å². The zero-order valence-electron chi connectivity index (χ0n) is 6.47. The highest BCUT2D eigenvalue weighted by Crippen LogP contribution is 2.33. The second-order valence-electron chi connectivity index (χ2n) is 2.70. The van der Waals surface area contributed by atoms with Gasteiger partial charge in [0.2, 0.25) is 0 Å². The summed E-state index contributed by atoms with van der Waals surface area (Å²) >= 11 is 7.43. The van der Waals surface area contributed by atoms with Crippen LogP contribution < -0.4 is 0 Å². The van der Waals surface area contributed by atoms with Crippen LogP contribution in [-0.2, 0) is 0 Å². The summed E-state index contributed by atoms with van der Waals surface area (Å²) in [6.07, 6.45) is 0. The van der Waals surface area contributed by atoms with Crippen molar-refractivity contribution < 1.29 is 5.11 Å². The fraction of sp³-hybridized carbons (Fsp3) is 0.111. The lowest BCUT2D eigenvalue weighted by molar-refractivity contribution is 0.476. The van der Waals surface area contributed by atoms with Crippen molar-refractivity contribution in [2.75, 3.05) is 0 Å². The normalized spacial score (nSPS) is 10.8. The van der Waals surface area contributed by atoms with Crippen molar-refractivity contribution in [3.63, 3.8) is 0 Å². The van der Waals surface area contributed by atoms with Crippen LogP contribution in [0.2, 0.25) is 5.02 Å². The van der Waals surface area contributed by atoms with E-state index < -0.39 is 0 Å². The molecule has 0 aliphatic heterocycles. The van der Waals surface area contributed by atoms with Crippen LogP contribution in [0, 0.1) is 6.92 Å². The van der Waals surface area contributed by atoms with Crippen molar-refractivity contribution in [2.45, 2.75) is 6.92 Å². The number of phenols is 1. The minimum absolute atomic E-state index is 0.155. The minimum atomic E-state index is 0.155. The highest BCUT2D eigenvalue weighted by molar-refractivity contribution is 7.19. The number of halogens is 1. The molecule has 2 rings (SSSR count). The Morgan fingerprint density at radius 3 is 2.83 bits per heavy atom. The molecule has 2 aromatic rings. The molecule has 1 heterocycles. The van der Waals surface area contributed by atoms with Gasteiger partial charge >= 0.3 is 0 Å². The molecule has 0 atom stereocenters. The Bertz CT molecular complexity index is 394. The third-order valence-electron chi connectivity index (χ3n) is 1.71. The maximum absolute atomic E-state index is 9.30. The van der Waals surface area contributed by atoms with Crippen molar-refractivity contribution in [3.05, 3.63) is 28.1 Å². The quantitative estimate of drug-likeness (QED) is 0.686. The number of aryl methyl sites for hydroxylation is 1. The van der Waals surface area contributed by atoms with Crippen molar-refractivity contribution in [1.82, 2.24) is 0 Å². The molecule has 0 amide bonds. The minimum Gasteiger partial charge on any atom is -0.506 e. The molecule has 1 N–H and O–H groups in total. The van der Waals surface area contributed by atoms with Crippen LogP contribution in [0.4, 0.5) is 0 Å². The monoisotopic (exact) mass is 198 g/mol. The second-order valence-corrected chi connectivity index (χ2v) is 4.39. The average Bonchev–Trinajstić information content (AvgIpc) is 2.30. The largest absolute Gasteiger partial charge is 0.506 e. The molecular formula is C9H7ClOS. The Kier molecular flexibility index (Phi) is 1.74. The molecule has 0 aliphatic rings. The Morgan fingerprint density at radius 2 is 2.08 bits per heavy atom.